The molecule has 0 N–H and O–H groups in total. The van der Waals surface area contributed by atoms with Gasteiger partial charge in [0.05, 0.1) is 0 Å². The molecule has 0 radical (unpaired) electrons. The Morgan fingerprint density at radius 1 is 1.41 bits per heavy atom. The van der Waals surface area contributed by atoms with Crippen LogP contribution in [0, 0.1) is 17.3 Å². The smallest absolute Gasteiger partial charge is 0.159 e. The molecular formula is C16H24O. The van der Waals surface area contributed by atoms with Crippen molar-refractivity contribution in [2.75, 3.05) is 0 Å². The molecule has 0 aromatic heterocycles. The number of allylic oxidation sites excluding steroid dienone is 4. The van der Waals surface area contributed by atoms with E-state index in [0.717, 1.165) is 19.3 Å². The SMILES string of the molecule is C=CCCC1=CC(=O)[C@H](C(C)C)[C@@]1(C)CC=C. The van der Waals surface area contributed by atoms with Crippen LogP contribution in [0.25, 0.3) is 0 Å². The Morgan fingerprint density at radius 3 is 2.53 bits per heavy atom. The third kappa shape index (κ3) is 2.59. The van der Waals surface area contributed by atoms with Crippen molar-refractivity contribution >= 4 is 5.78 Å². The first kappa shape index (κ1) is 14.0. The Balaban J connectivity index is 3.03. The van der Waals surface area contributed by atoms with Crippen molar-refractivity contribution in [1.82, 2.24) is 0 Å². The van der Waals surface area contributed by atoms with E-state index in [2.05, 4.69) is 33.9 Å². The van der Waals surface area contributed by atoms with Gasteiger partial charge in [-0.2, -0.15) is 0 Å². The normalized spacial score (nSPS) is 28.4. The third-order valence-electron chi connectivity index (χ3n) is 3.90. The molecular weight excluding hydrogens is 208 g/mol. The average molecular weight is 232 g/mol. The quantitative estimate of drug-likeness (QED) is 0.623. The van der Waals surface area contributed by atoms with Gasteiger partial charge in [0.15, 0.2) is 5.78 Å². The minimum absolute atomic E-state index is 0.0317. The van der Waals surface area contributed by atoms with E-state index < -0.39 is 0 Å². The highest BCUT2D eigenvalue weighted by atomic mass is 16.1. The van der Waals surface area contributed by atoms with Crippen LogP contribution in [0.15, 0.2) is 37.0 Å². The predicted octanol–water partition coefficient (Wildman–Crippen LogP) is 4.32. The Morgan fingerprint density at radius 2 is 2.06 bits per heavy atom. The lowest BCUT2D eigenvalue weighted by molar-refractivity contribution is -0.121. The zero-order chi connectivity index (χ0) is 13.1. The highest BCUT2D eigenvalue weighted by molar-refractivity contribution is 5.96. The van der Waals surface area contributed by atoms with Crippen LogP contribution in [0.4, 0.5) is 0 Å². The van der Waals surface area contributed by atoms with Gasteiger partial charge in [0.25, 0.3) is 0 Å². The highest BCUT2D eigenvalue weighted by Crippen LogP contribution is 2.49. The fourth-order valence-electron chi connectivity index (χ4n) is 3.18. The van der Waals surface area contributed by atoms with Crippen molar-refractivity contribution in [1.29, 1.82) is 0 Å². The summed E-state index contributed by atoms with van der Waals surface area (Å²) in [5.74, 6) is 0.786. The summed E-state index contributed by atoms with van der Waals surface area (Å²) in [5.41, 5.74) is 1.25. The number of hydrogen-bond donors (Lipinski definition) is 0. The van der Waals surface area contributed by atoms with Crippen molar-refractivity contribution in [2.45, 2.75) is 40.0 Å². The largest absolute Gasteiger partial charge is 0.295 e. The molecule has 0 saturated carbocycles. The number of hydrogen-bond acceptors (Lipinski definition) is 1. The van der Waals surface area contributed by atoms with E-state index in [-0.39, 0.29) is 11.3 Å². The maximum Gasteiger partial charge on any atom is 0.159 e. The van der Waals surface area contributed by atoms with E-state index in [1.165, 1.54) is 5.57 Å². The summed E-state index contributed by atoms with van der Waals surface area (Å²) in [4.78, 5) is 12.1. The van der Waals surface area contributed by atoms with Crippen LogP contribution in [0.2, 0.25) is 0 Å². The summed E-state index contributed by atoms with van der Waals surface area (Å²) in [6.07, 6.45) is 8.50. The second-order valence-electron chi connectivity index (χ2n) is 5.53. The number of carbonyl (C=O) groups excluding carboxylic acids is 1. The number of rotatable bonds is 6. The molecule has 0 unspecified atom stereocenters. The molecule has 1 rings (SSSR count). The lowest BCUT2D eigenvalue weighted by atomic mass is 9.67. The molecule has 0 bridgehead atoms. The van der Waals surface area contributed by atoms with Crippen LogP contribution in [0.5, 0.6) is 0 Å². The van der Waals surface area contributed by atoms with Gasteiger partial charge in [0, 0.05) is 11.3 Å². The van der Waals surface area contributed by atoms with Crippen molar-refractivity contribution in [3.63, 3.8) is 0 Å². The first-order chi connectivity index (χ1) is 7.97. The van der Waals surface area contributed by atoms with Gasteiger partial charge in [-0.05, 0) is 31.3 Å². The Kier molecular flexibility index (Phi) is 4.50. The van der Waals surface area contributed by atoms with Gasteiger partial charge in [0.1, 0.15) is 0 Å². The van der Waals surface area contributed by atoms with Crippen LogP contribution in [-0.4, -0.2) is 5.78 Å². The van der Waals surface area contributed by atoms with Gasteiger partial charge >= 0.3 is 0 Å². The van der Waals surface area contributed by atoms with Crippen molar-refractivity contribution in [3.05, 3.63) is 37.0 Å². The zero-order valence-electron chi connectivity index (χ0n) is 11.3. The maximum absolute atomic E-state index is 12.1. The lowest BCUT2D eigenvalue weighted by Crippen LogP contribution is -2.32. The summed E-state index contributed by atoms with van der Waals surface area (Å²) in [7, 11) is 0. The van der Waals surface area contributed by atoms with E-state index in [0.29, 0.717) is 11.7 Å². The van der Waals surface area contributed by atoms with Crippen LogP contribution in [0.3, 0.4) is 0 Å². The van der Waals surface area contributed by atoms with Crippen LogP contribution in [-0.2, 0) is 4.79 Å². The van der Waals surface area contributed by atoms with Crippen molar-refractivity contribution in [3.8, 4) is 0 Å². The first-order valence-corrected chi connectivity index (χ1v) is 6.44. The Bertz CT molecular complexity index is 349. The fraction of sp³-hybridized carbons (Fsp3) is 0.562. The van der Waals surface area contributed by atoms with Gasteiger partial charge in [-0.15, -0.1) is 13.2 Å². The predicted molar refractivity (Wildman–Crippen MR) is 73.8 cm³/mol. The molecule has 2 atom stereocenters. The zero-order valence-corrected chi connectivity index (χ0v) is 11.3. The topological polar surface area (TPSA) is 17.1 Å². The molecule has 0 fully saturated rings. The fourth-order valence-corrected chi connectivity index (χ4v) is 3.18. The standard InChI is InChI=1S/C16H24O/c1-6-8-9-13-11-14(17)15(12(3)4)16(13,5)10-7-2/h6-7,11-12,15H,1-2,8-10H2,3-5H3/t15-,16-/m0/s1. The molecule has 17 heavy (non-hydrogen) atoms. The van der Waals surface area contributed by atoms with Gasteiger partial charge < -0.3 is 0 Å². The summed E-state index contributed by atoms with van der Waals surface area (Å²) in [6.45, 7) is 14.1. The lowest BCUT2D eigenvalue weighted by Gasteiger charge is -2.35. The van der Waals surface area contributed by atoms with Crippen LogP contribution < -0.4 is 0 Å². The maximum atomic E-state index is 12.1. The Labute approximate surface area is 105 Å². The molecule has 1 heteroatoms. The highest BCUT2D eigenvalue weighted by Gasteiger charge is 2.46. The van der Waals surface area contributed by atoms with Crippen LogP contribution >= 0.6 is 0 Å². The molecule has 0 heterocycles. The first-order valence-electron chi connectivity index (χ1n) is 6.44. The summed E-state index contributed by atoms with van der Waals surface area (Å²) in [6, 6.07) is 0. The molecule has 0 spiro atoms. The monoisotopic (exact) mass is 232 g/mol. The molecule has 0 saturated heterocycles. The van der Waals surface area contributed by atoms with Crippen molar-refractivity contribution in [2.24, 2.45) is 17.3 Å². The summed E-state index contributed by atoms with van der Waals surface area (Å²) < 4.78 is 0. The third-order valence-corrected chi connectivity index (χ3v) is 3.90. The minimum Gasteiger partial charge on any atom is -0.295 e. The van der Waals surface area contributed by atoms with Crippen molar-refractivity contribution < 1.29 is 4.79 Å². The van der Waals surface area contributed by atoms with E-state index in [9.17, 15) is 4.79 Å². The molecule has 1 aliphatic rings. The van der Waals surface area contributed by atoms with Gasteiger partial charge in [-0.3, -0.25) is 4.79 Å². The van der Waals surface area contributed by atoms with Gasteiger partial charge in [0.2, 0.25) is 0 Å². The molecule has 0 amide bonds. The van der Waals surface area contributed by atoms with E-state index in [4.69, 9.17) is 0 Å². The van der Waals surface area contributed by atoms with Gasteiger partial charge in [-0.1, -0.05) is 38.5 Å². The molecule has 1 nitrogen and oxygen atoms in total. The molecule has 0 aliphatic heterocycles. The molecule has 0 aromatic carbocycles. The number of ketones is 1. The minimum atomic E-state index is -0.0317. The van der Waals surface area contributed by atoms with E-state index >= 15 is 0 Å². The van der Waals surface area contributed by atoms with E-state index in [1.54, 1.807) is 0 Å². The summed E-state index contributed by atoms with van der Waals surface area (Å²) >= 11 is 0. The Hall–Kier alpha value is -1.11. The number of carbonyl (C=O) groups is 1. The molecule has 94 valence electrons. The molecule has 1 aliphatic carbocycles. The molecule has 0 aromatic rings. The van der Waals surface area contributed by atoms with Crippen LogP contribution in [0.1, 0.15) is 40.0 Å². The average Bonchev–Trinajstić information content (AvgIpc) is 2.47. The van der Waals surface area contributed by atoms with E-state index in [1.807, 2.05) is 18.2 Å². The second-order valence-corrected chi connectivity index (χ2v) is 5.53. The second kappa shape index (κ2) is 5.48. The summed E-state index contributed by atoms with van der Waals surface area (Å²) in [5, 5.41) is 0. The van der Waals surface area contributed by atoms with Gasteiger partial charge in [-0.25, -0.2) is 0 Å².